The lowest BCUT2D eigenvalue weighted by atomic mass is 10.1. The first-order valence-corrected chi connectivity index (χ1v) is 6.55. The number of aromatic nitrogens is 2. The summed E-state index contributed by atoms with van der Waals surface area (Å²) in [6, 6.07) is 6.16. The third-order valence-corrected chi connectivity index (χ3v) is 3.78. The lowest BCUT2D eigenvalue weighted by Crippen LogP contribution is -2.09. The Morgan fingerprint density at radius 1 is 1.50 bits per heavy atom. The number of nitrogen functional groups attached to an aromatic ring is 1. The van der Waals surface area contributed by atoms with Crippen LogP contribution in [0.1, 0.15) is 18.4 Å². The first-order chi connectivity index (χ1) is 8.75. The molecule has 2 aromatic rings. The molecule has 1 aliphatic rings. The van der Waals surface area contributed by atoms with Crippen molar-refractivity contribution in [2.45, 2.75) is 26.3 Å². The fraction of sp³-hybridized carbons (Fsp3) is 0.500. The van der Waals surface area contributed by atoms with Crippen molar-refractivity contribution in [3.63, 3.8) is 0 Å². The van der Waals surface area contributed by atoms with Gasteiger partial charge in [0, 0.05) is 19.8 Å². The number of aryl methyl sites for hydroxylation is 2. The summed E-state index contributed by atoms with van der Waals surface area (Å²) in [4.78, 5) is 4.43. The molecule has 2 heterocycles. The number of hydrogen-bond acceptors (Lipinski definition) is 3. The average molecular weight is 245 g/mol. The van der Waals surface area contributed by atoms with Gasteiger partial charge in [0.25, 0.3) is 0 Å². The molecule has 0 saturated carbocycles. The van der Waals surface area contributed by atoms with E-state index in [0.29, 0.717) is 11.9 Å². The second-order valence-electron chi connectivity index (χ2n) is 5.08. The molecule has 1 aliphatic heterocycles. The maximum absolute atomic E-state index is 6.03. The third kappa shape index (κ3) is 1.97. The van der Waals surface area contributed by atoms with Crippen molar-refractivity contribution in [2.24, 2.45) is 5.92 Å². The maximum Gasteiger partial charge on any atom is 0.201 e. The van der Waals surface area contributed by atoms with Crippen molar-refractivity contribution >= 4 is 17.0 Å². The van der Waals surface area contributed by atoms with Crippen LogP contribution in [0.5, 0.6) is 0 Å². The predicted octanol–water partition coefficient (Wildman–Crippen LogP) is 2.35. The van der Waals surface area contributed by atoms with Gasteiger partial charge in [0.2, 0.25) is 5.95 Å². The smallest absolute Gasteiger partial charge is 0.201 e. The largest absolute Gasteiger partial charge is 0.381 e. The number of rotatable bonds is 3. The van der Waals surface area contributed by atoms with Crippen LogP contribution in [0.25, 0.3) is 11.0 Å². The number of para-hydroxylation sites is 1. The molecule has 0 bridgehead atoms. The Bertz CT molecular complexity index is 555. The van der Waals surface area contributed by atoms with E-state index in [-0.39, 0.29) is 0 Å². The van der Waals surface area contributed by atoms with Crippen LogP contribution < -0.4 is 5.73 Å². The number of hydrogen-bond donors (Lipinski definition) is 1. The minimum Gasteiger partial charge on any atom is -0.381 e. The van der Waals surface area contributed by atoms with Crippen LogP contribution in [0.4, 0.5) is 5.95 Å². The highest BCUT2D eigenvalue weighted by Crippen LogP contribution is 2.24. The molecule has 4 nitrogen and oxygen atoms in total. The normalized spacial score (nSPS) is 19.7. The highest BCUT2D eigenvalue weighted by molar-refractivity contribution is 5.81. The number of benzene rings is 1. The van der Waals surface area contributed by atoms with E-state index in [1.54, 1.807) is 0 Å². The number of imidazole rings is 1. The first-order valence-electron chi connectivity index (χ1n) is 6.55. The minimum absolute atomic E-state index is 0.623. The van der Waals surface area contributed by atoms with E-state index in [4.69, 9.17) is 10.5 Å². The number of ether oxygens (including phenoxy) is 1. The molecule has 4 heteroatoms. The summed E-state index contributed by atoms with van der Waals surface area (Å²) in [5.41, 5.74) is 9.43. The average Bonchev–Trinajstić information content (AvgIpc) is 2.94. The Kier molecular flexibility index (Phi) is 2.96. The Hall–Kier alpha value is -1.55. The molecule has 1 aromatic heterocycles. The Labute approximate surface area is 107 Å². The SMILES string of the molecule is Cc1cccc2nc(N)n(CCC3CCOC3)c12. The van der Waals surface area contributed by atoms with Crippen molar-refractivity contribution in [3.05, 3.63) is 23.8 Å². The van der Waals surface area contributed by atoms with Gasteiger partial charge in [-0.05, 0) is 37.3 Å². The predicted molar refractivity (Wildman–Crippen MR) is 72.4 cm³/mol. The quantitative estimate of drug-likeness (QED) is 0.903. The summed E-state index contributed by atoms with van der Waals surface area (Å²) in [7, 11) is 0. The first kappa shape index (κ1) is 11.5. The van der Waals surface area contributed by atoms with Crippen LogP contribution in [0.3, 0.4) is 0 Å². The van der Waals surface area contributed by atoms with Gasteiger partial charge in [-0.3, -0.25) is 0 Å². The van der Waals surface area contributed by atoms with Crippen molar-refractivity contribution in [3.8, 4) is 0 Å². The Morgan fingerprint density at radius 2 is 2.39 bits per heavy atom. The van der Waals surface area contributed by atoms with Crippen molar-refractivity contribution < 1.29 is 4.74 Å². The van der Waals surface area contributed by atoms with Gasteiger partial charge in [-0.1, -0.05) is 12.1 Å². The Balaban J connectivity index is 1.88. The molecule has 1 atom stereocenters. The van der Waals surface area contributed by atoms with Gasteiger partial charge in [-0.25, -0.2) is 4.98 Å². The number of nitrogens with two attached hydrogens (primary N) is 1. The van der Waals surface area contributed by atoms with E-state index in [1.807, 2.05) is 12.1 Å². The number of fused-ring (bicyclic) bond motifs is 1. The monoisotopic (exact) mass is 245 g/mol. The zero-order valence-electron chi connectivity index (χ0n) is 10.7. The molecule has 18 heavy (non-hydrogen) atoms. The van der Waals surface area contributed by atoms with Crippen LogP contribution in [-0.4, -0.2) is 22.8 Å². The lowest BCUT2D eigenvalue weighted by Gasteiger charge is -2.11. The van der Waals surface area contributed by atoms with E-state index >= 15 is 0 Å². The van der Waals surface area contributed by atoms with Crippen LogP contribution >= 0.6 is 0 Å². The molecule has 3 rings (SSSR count). The molecule has 2 N–H and O–H groups in total. The zero-order chi connectivity index (χ0) is 12.5. The highest BCUT2D eigenvalue weighted by atomic mass is 16.5. The van der Waals surface area contributed by atoms with Gasteiger partial charge in [0.05, 0.1) is 11.0 Å². The Morgan fingerprint density at radius 3 is 3.17 bits per heavy atom. The fourth-order valence-corrected chi connectivity index (χ4v) is 2.73. The molecular weight excluding hydrogens is 226 g/mol. The maximum atomic E-state index is 6.03. The van der Waals surface area contributed by atoms with Crippen molar-refractivity contribution in [1.29, 1.82) is 0 Å². The van der Waals surface area contributed by atoms with Gasteiger partial charge in [-0.15, -0.1) is 0 Å². The standard InChI is InChI=1S/C14H19N3O/c1-10-3-2-4-12-13(10)17(14(15)16-12)7-5-11-6-8-18-9-11/h2-4,11H,5-9H2,1H3,(H2,15,16). The molecule has 1 saturated heterocycles. The van der Waals surface area contributed by atoms with E-state index in [2.05, 4.69) is 22.5 Å². The van der Waals surface area contributed by atoms with E-state index in [0.717, 1.165) is 31.7 Å². The highest BCUT2D eigenvalue weighted by Gasteiger charge is 2.17. The van der Waals surface area contributed by atoms with Gasteiger partial charge < -0.3 is 15.0 Å². The van der Waals surface area contributed by atoms with Crippen molar-refractivity contribution in [2.75, 3.05) is 18.9 Å². The summed E-state index contributed by atoms with van der Waals surface area (Å²) >= 11 is 0. The molecule has 0 amide bonds. The van der Waals surface area contributed by atoms with Gasteiger partial charge in [0.1, 0.15) is 0 Å². The number of nitrogens with zero attached hydrogens (tertiary/aromatic N) is 2. The summed E-state index contributed by atoms with van der Waals surface area (Å²) in [5, 5.41) is 0. The van der Waals surface area contributed by atoms with Gasteiger partial charge in [0.15, 0.2) is 0 Å². The van der Waals surface area contributed by atoms with Crippen LogP contribution in [0, 0.1) is 12.8 Å². The molecule has 1 unspecified atom stereocenters. The van der Waals surface area contributed by atoms with Crippen molar-refractivity contribution in [1.82, 2.24) is 9.55 Å². The van der Waals surface area contributed by atoms with Gasteiger partial charge in [-0.2, -0.15) is 0 Å². The second kappa shape index (κ2) is 4.61. The second-order valence-corrected chi connectivity index (χ2v) is 5.08. The fourth-order valence-electron chi connectivity index (χ4n) is 2.73. The van der Waals surface area contributed by atoms with E-state index in [9.17, 15) is 0 Å². The molecule has 0 radical (unpaired) electrons. The van der Waals surface area contributed by atoms with Crippen LogP contribution in [0.2, 0.25) is 0 Å². The lowest BCUT2D eigenvalue weighted by molar-refractivity contribution is 0.183. The van der Waals surface area contributed by atoms with E-state index in [1.165, 1.54) is 17.5 Å². The molecule has 96 valence electrons. The van der Waals surface area contributed by atoms with Crippen LogP contribution in [0.15, 0.2) is 18.2 Å². The summed E-state index contributed by atoms with van der Waals surface area (Å²) in [6.45, 7) is 4.84. The molecule has 1 aromatic carbocycles. The molecule has 1 fully saturated rings. The summed E-state index contributed by atoms with van der Waals surface area (Å²) in [5.74, 6) is 1.30. The summed E-state index contributed by atoms with van der Waals surface area (Å²) in [6.07, 6.45) is 2.29. The summed E-state index contributed by atoms with van der Waals surface area (Å²) < 4.78 is 7.55. The zero-order valence-corrected chi connectivity index (χ0v) is 10.7. The number of anilines is 1. The third-order valence-electron chi connectivity index (χ3n) is 3.78. The van der Waals surface area contributed by atoms with Gasteiger partial charge >= 0.3 is 0 Å². The van der Waals surface area contributed by atoms with E-state index < -0.39 is 0 Å². The molecular formula is C14H19N3O. The molecule has 0 aliphatic carbocycles. The molecule has 0 spiro atoms. The van der Waals surface area contributed by atoms with Crippen LogP contribution in [-0.2, 0) is 11.3 Å². The topological polar surface area (TPSA) is 53.1 Å². The minimum atomic E-state index is 0.623.